The minimum atomic E-state index is -3.96. The van der Waals surface area contributed by atoms with Gasteiger partial charge in [0.2, 0.25) is 15.9 Å². The third-order valence-corrected chi connectivity index (χ3v) is 5.13. The summed E-state index contributed by atoms with van der Waals surface area (Å²) >= 11 is 0. The maximum atomic E-state index is 13.2. The fraction of sp³-hybridized carbons (Fsp3) is 0.235. The van der Waals surface area contributed by atoms with Crippen LogP contribution in [0.15, 0.2) is 41.3 Å². The van der Waals surface area contributed by atoms with Crippen LogP contribution in [0.3, 0.4) is 0 Å². The zero-order valence-electron chi connectivity index (χ0n) is 14.3. The van der Waals surface area contributed by atoms with E-state index in [2.05, 4.69) is 10.0 Å². The van der Waals surface area contributed by atoms with E-state index in [-0.39, 0.29) is 10.6 Å². The van der Waals surface area contributed by atoms with E-state index in [0.717, 1.165) is 12.1 Å². The Hall–Kier alpha value is -2.52. The molecule has 0 aliphatic heterocycles. The van der Waals surface area contributed by atoms with Crippen molar-refractivity contribution in [3.05, 3.63) is 53.6 Å². The highest BCUT2D eigenvalue weighted by atomic mass is 32.2. The largest absolute Gasteiger partial charge is 0.496 e. The number of hydrogen-bond acceptors (Lipinski definition) is 4. The van der Waals surface area contributed by atoms with Gasteiger partial charge < -0.3 is 10.1 Å². The van der Waals surface area contributed by atoms with Crippen molar-refractivity contribution < 1.29 is 26.7 Å². The van der Waals surface area contributed by atoms with Crippen LogP contribution < -0.4 is 14.8 Å². The van der Waals surface area contributed by atoms with Crippen molar-refractivity contribution in [2.24, 2.45) is 0 Å². The SMILES string of the molecule is COc1ccc(S(=O)(=O)N[C@H](C)C(=O)Nc2ccc(F)c(F)c2)cc1C. The van der Waals surface area contributed by atoms with Gasteiger partial charge in [0.15, 0.2) is 11.6 Å². The first kappa shape index (κ1) is 19.8. The van der Waals surface area contributed by atoms with Gasteiger partial charge in [-0.1, -0.05) is 0 Å². The quantitative estimate of drug-likeness (QED) is 0.802. The van der Waals surface area contributed by atoms with Gasteiger partial charge in [-0.2, -0.15) is 4.72 Å². The molecule has 0 heterocycles. The number of halogens is 2. The number of aryl methyl sites for hydroxylation is 1. The van der Waals surface area contributed by atoms with Crippen molar-refractivity contribution in [2.75, 3.05) is 12.4 Å². The summed E-state index contributed by atoms with van der Waals surface area (Å²) in [5, 5.41) is 2.32. The predicted molar refractivity (Wildman–Crippen MR) is 92.5 cm³/mol. The summed E-state index contributed by atoms with van der Waals surface area (Å²) in [5.74, 6) is -2.35. The number of hydrogen-bond donors (Lipinski definition) is 2. The van der Waals surface area contributed by atoms with E-state index in [1.54, 1.807) is 6.92 Å². The molecule has 2 rings (SSSR count). The average Bonchev–Trinajstić information content (AvgIpc) is 2.57. The minimum absolute atomic E-state index is 0.0141. The lowest BCUT2D eigenvalue weighted by atomic mass is 10.2. The second-order valence-corrected chi connectivity index (χ2v) is 7.31. The van der Waals surface area contributed by atoms with Crippen LogP contribution in [0.4, 0.5) is 14.5 Å². The zero-order chi connectivity index (χ0) is 19.5. The van der Waals surface area contributed by atoms with Gasteiger partial charge in [0.25, 0.3) is 0 Å². The first-order valence-electron chi connectivity index (χ1n) is 7.57. The summed E-state index contributed by atoms with van der Waals surface area (Å²) in [4.78, 5) is 12.1. The Labute approximate surface area is 150 Å². The molecule has 0 aliphatic carbocycles. The molecule has 2 aromatic carbocycles. The van der Waals surface area contributed by atoms with Crippen LogP contribution in [0, 0.1) is 18.6 Å². The van der Waals surface area contributed by atoms with Crippen molar-refractivity contribution in [1.82, 2.24) is 4.72 Å². The molecule has 140 valence electrons. The van der Waals surface area contributed by atoms with Gasteiger partial charge in [0.1, 0.15) is 5.75 Å². The number of carbonyl (C=O) groups excluding carboxylic acids is 1. The molecule has 0 aromatic heterocycles. The molecule has 6 nitrogen and oxygen atoms in total. The summed E-state index contributed by atoms with van der Waals surface area (Å²) in [5.41, 5.74) is 0.634. The van der Waals surface area contributed by atoms with Gasteiger partial charge in [-0.25, -0.2) is 17.2 Å². The second-order valence-electron chi connectivity index (χ2n) is 5.59. The summed E-state index contributed by atoms with van der Waals surface area (Å²) in [7, 11) is -2.49. The van der Waals surface area contributed by atoms with Crippen molar-refractivity contribution >= 4 is 21.6 Å². The predicted octanol–water partition coefficient (Wildman–Crippen LogP) is 2.59. The molecule has 2 aromatic rings. The van der Waals surface area contributed by atoms with E-state index in [4.69, 9.17) is 4.74 Å². The molecule has 9 heteroatoms. The van der Waals surface area contributed by atoms with Crippen LogP contribution in [0.2, 0.25) is 0 Å². The smallest absolute Gasteiger partial charge is 0.242 e. The lowest BCUT2D eigenvalue weighted by molar-refractivity contribution is -0.117. The van der Waals surface area contributed by atoms with E-state index in [9.17, 15) is 22.0 Å². The van der Waals surface area contributed by atoms with Crippen LogP contribution in [0.1, 0.15) is 12.5 Å². The number of methoxy groups -OCH3 is 1. The molecule has 0 bridgehead atoms. The van der Waals surface area contributed by atoms with Crippen molar-refractivity contribution in [3.63, 3.8) is 0 Å². The number of amides is 1. The van der Waals surface area contributed by atoms with Gasteiger partial charge in [-0.15, -0.1) is 0 Å². The lowest BCUT2D eigenvalue weighted by Gasteiger charge is -2.15. The van der Waals surface area contributed by atoms with Gasteiger partial charge in [-0.3, -0.25) is 4.79 Å². The van der Waals surface area contributed by atoms with Gasteiger partial charge in [-0.05, 0) is 49.7 Å². The molecule has 0 spiro atoms. The Morgan fingerprint density at radius 2 is 1.81 bits per heavy atom. The Morgan fingerprint density at radius 1 is 1.12 bits per heavy atom. The van der Waals surface area contributed by atoms with Gasteiger partial charge >= 0.3 is 0 Å². The number of benzene rings is 2. The fourth-order valence-corrected chi connectivity index (χ4v) is 3.48. The Kier molecular flexibility index (Phi) is 5.94. The number of anilines is 1. The fourth-order valence-electron chi connectivity index (χ4n) is 2.20. The number of nitrogens with one attached hydrogen (secondary N) is 2. The van der Waals surface area contributed by atoms with Crippen molar-refractivity contribution in [1.29, 1.82) is 0 Å². The molecule has 0 unspecified atom stereocenters. The molecular weight excluding hydrogens is 366 g/mol. The van der Waals surface area contributed by atoms with Crippen LogP contribution in [0.5, 0.6) is 5.75 Å². The molecule has 0 radical (unpaired) electrons. The van der Waals surface area contributed by atoms with Crippen LogP contribution in [-0.4, -0.2) is 27.5 Å². The standard InChI is InChI=1S/C17H18F2N2O4S/c1-10-8-13(5-7-16(10)25-3)26(23,24)21-11(2)17(22)20-12-4-6-14(18)15(19)9-12/h4-9,11,21H,1-3H3,(H,20,22)/t11-/m1/s1. The maximum Gasteiger partial charge on any atom is 0.242 e. The number of rotatable bonds is 6. The monoisotopic (exact) mass is 384 g/mol. The topological polar surface area (TPSA) is 84.5 Å². The van der Waals surface area contributed by atoms with Crippen LogP contribution >= 0.6 is 0 Å². The molecule has 0 aliphatic rings. The highest BCUT2D eigenvalue weighted by Gasteiger charge is 2.23. The number of carbonyl (C=O) groups is 1. The average molecular weight is 384 g/mol. The van der Waals surface area contributed by atoms with E-state index in [1.807, 2.05) is 0 Å². The van der Waals surface area contributed by atoms with E-state index in [0.29, 0.717) is 11.3 Å². The molecule has 0 fully saturated rings. The first-order chi connectivity index (χ1) is 12.1. The Morgan fingerprint density at radius 3 is 2.38 bits per heavy atom. The van der Waals surface area contributed by atoms with E-state index < -0.39 is 33.6 Å². The van der Waals surface area contributed by atoms with Gasteiger partial charge in [0.05, 0.1) is 18.0 Å². The highest BCUT2D eigenvalue weighted by molar-refractivity contribution is 7.89. The number of sulfonamides is 1. The third kappa shape index (κ3) is 4.55. The normalized spacial score (nSPS) is 12.5. The van der Waals surface area contributed by atoms with E-state index >= 15 is 0 Å². The summed E-state index contributed by atoms with van der Waals surface area (Å²) in [6.07, 6.45) is 0. The van der Waals surface area contributed by atoms with Gasteiger partial charge in [0, 0.05) is 11.8 Å². The molecule has 26 heavy (non-hydrogen) atoms. The maximum absolute atomic E-state index is 13.2. The summed E-state index contributed by atoms with van der Waals surface area (Å²) < 4.78 is 58.2. The molecule has 1 amide bonds. The van der Waals surface area contributed by atoms with Crippen molar-refractivity contribution in [3.8, 4) is 5.75 Å². The second kappa shape index (κ2) is 7.79. The lowest BCUT2D eigenvalue weighted by Crippen LogP contribution is -2.41. The Bertz CT molecular complexity index is 932. The molecule has 0 saturated heterocycles. The molecular formula is C17H18F2N2O4S. The molecule has 1 atom stereocenters. The Balaban J connectivity index is 2.11. The van der Waals surface area contributed by atoms with Crippen molar-refractivity contribution in [2.45, 2.75) is 24.8 Å². The minimum Gasteiger partial charge on any atom is -0.496 e. The number of ether oxygens (including phenoxy) is 1. The summed E-state index contributed by atoms with van der Waals surface area (Å²) in [6, 6.07) is 5.98. The summed E-state index contributed by atoms with van der Waals surface area (Å²) in [6.45, 7) is 3.03. The van der Waals surface area contributed by atoms with Crippen LogP contribution in [0.25, 0.3) is 0 Å². The van der Waals surface area contributed by atoms with Crippen LogP contribution in [-0.2, 0) is 14.8 Å². The molecule has 2 N–H and O–H groups in total. The third-order valence-electron chi connectivity index (χ3n) is 3.59. The first-order valence-corrected chi connectivity index (χ1v) is 9.05. The van der Waals surface area contributed by atoms with E-state index in [1.165, 1.54) is 38.3 Å². The zero-order valence-corrected chi connectivity index (χ0v) is 15.2. The molecule has 0 saturated carbocycles. The highest BCUT2D eigenvalue weighted by Crippen LogP contribution is 2.21.